The number of rotatable bonds is 5. The zero-order chi connectivity index (χ0) is 13.7. The van der Waals surface area contributed by atoms with Gasteiger partial charge in [-0.05, 0) is 43.5 Å². The highest BCUT2D eigenvalue weighted by atomic mass is 19.1. The Morgan fingerprint density at radius 2 is 1.95 bits per heavy atom. The Hall–Kier alpha value is -1.29. The van der Waals surface area contributed by atoms with Crippen molar-refractivity contribution in [1.29, 1.82) is 0 Å². The second-order valence-corrected chi connectivity index (χ2v) is 5.18. The quantitative estimate of drug-likeness (QED) is 0.888. The summed E-state index contributed by atoms with van der Waals surface area (Å²) in [6.45, 7) is 1.02. The molecular weight excluding hydrogens is 248 g/mol. The van der Waals surface area contributed by atoms with E-state index in [1.165, 1.54) is 25.0 Å². The molecule has 0 aromatic heterocycles. The van der Waals surface area contributed by atoms with Gasteiger partial charge in [-0.1, -0.05) is 6.42 Å². The molecule has 1 aromatic rings. The van der Waals surface area contributed by atoms with Crippen molar-refractivity contribution in [3.8, 4) is 0 Å². The first-order chi connectivity index (χ1) is 9.13. The van der Waals surface area contributed by atoms with Crippen LogP contribution in [0, 0.1) is 11.6 Å². The van der Waals surface area contributed by atoms with Gasteiger partial charge in [0, 0.05) is 24.9 Å². The summed E-state index contributed by atoms with van der Waals surface area (Å²) in [6.07, 6.45) is 4.92. The number of carbonyl (C=O) groups excluding carboxylic acids is 1. The Bertz CT molecular complexity index is 422. The molecule has 19 heavy (non-hydrogen) atoms. The maximum Gasteiger partial charge on any atom is 0.137 e. The van der Waals surface area contributed by atoms with Crippen molar-refractivity contribution < 1.29 is 13.6 Å². The van der Waals surface area contributed by atoms with Crippen LogP contribution in [-0.4, -0.2) is 18.4 Å². The Morgan fingerprint density at radius 3 is 2.58 bits per heavy atom. The van der Waals surface area contributed by atoms with Gasteiger partial charge < -0.3 is 5.32 Å². The van der Waals surface area contributed by atoms with Crippen molar-refractivity contribution in [2.45, 2.75) is 44.6 Å². The van der Waals surface area contributed by atoms with Gasteiger partial charge in [0.2, 0.25) is 0 Å². The van der Waals surface area contributed by atoms with Gasteiger partial charge in [0.1, 0.15) is 17.4 Å². The SMILES string of the molecule is O=C(CCC1CCCCN1)Cc1cc(F)cc(F)c1. The number of hydrogen-bond donors (Lipinski definition) is 1. The van der Waals surface area contributed by atoms with Crippen LogP contribution < -0.4 is 5.32 Å². The second kappa shape index (κ2) is 6.75. The summed E-state index contributed by atoms with van der Waals surface area (Å²) in [5, 5.41) is 3.38. The van der Waals surface area contributed by atoms with Gasteiger partial charge in [0.05, 0.1) is 0 Å². The van der Waals surface area contributed by atoms with E-state index in [2.05, 4.69) is 5.32 Å². The molecule has 1 aliphatic rings. The second-order valence-electron chi connectivity index (χ2n) is 5.18. The number of hydrogen-bond acceptors (Lipinski definition) is 2. The van der Waals surface area contributed by atoms with Crippen LogP contribution in [0.5, 0.6) is 0 Å². The van der Waals surface area contributed by atoms with E-state index in [0.29, 0.717) is 18.0 Å². The van der Waals surface area contributed by atoms with Gasteiger partial charge >= 0.3 is 0 Å². The van der Waals surface area contributed by atoms with E-state index in [0.717, 1.165) is 25.5 Å². The molecule has 1 unspecified atom stereocenters. The van der Waals surface area contributed by atoms with E-state index in [1.54, 1.807) is 0 Å². The van der Waals surface area contributed by atoms with Crippen LogP contribution in [-0.2, 0) is 11.2 Å². The van der Waals surface area contributed by atoms with E-state index in [-0.39, 0.29) is 12.2 Å². The van der Waals surface area contributed by atoms with Gasteiger partial charge in [-0.15, -0.1) is 0 Å². The van der Waals surface area contributed by atoms with Gasteiger partial charge in [-0.2, -0.15) is 0 Å². The van der Waals surface area contributed by atoms with Crippen molar-refractivity contribution in [2.75, 3.05) is 6.54 Å². The Kier molecular flexibility index (Phi) is 5.02. The predicted molar refractivity (Wildman–Crippen MR) is 69.9 cm³/mol. The standard InChI is InChI=1S/C15H19F2NO/c16-12-7-11(8-13(17)10-12)9-15(19)5-4-14-3-1-2-6-18-14/h7-8,10,14,18H,1-6,9H2. The lowest BCUT2D eigenvalue weighted by atomic mass is 9.97. The van der Waals surface area contributed by atoms with E-state index in [4.69, 9.17) is 0 Å². The summed E-state index contributed by atoms with van der Waals surface area (Å²) in [5.74, 6) is -1.22. The number of piperidine rings is 1. The smallest absolute Gasteiger partial charge is 0.137 e. The lowest BCUT2D eigenvalue weighted by Gasteiger charge is -2.22. The molecule has 0 aliphatic carbocycles. The first-order valence-corrected chi connectivity index (χ1v) is 6.83. The minimum atomic E-state index is -0.628. The van der Waals surface area contributed by atoms with Crippen molar-refractivity contribution in [1.82, 2.24) is 5.32 Å². The third kappa shape index (κ3) is 4.71. The van der Waals surface area contributed by atoms with E-state index >= 15 is 0 Å². The van der Waals surface area contributed by atoms with Crippen molar-refractivity contribution in [2.24, 2.45) is 0 Å². The molecule has 104 valence electrons. The zero-order valence-corrected chi connectivity index (χ0v) is 10.9. The molecule has 2 nitrogen and oxygen atoms in total. The van der Waals surface area contributed by atoms with Crippen molar-refractivity contribution in [3.05, 3.63) is 35.4 Å². The number of ketones is 1. The molecule has 1 heterocycles. The molecule has 0 radical (unpaired) electrons. The largest absolute Gasteiger partial charge is 0.314 e. The molecular formula is C15H19F2NO. The summed E-state index contributed by atoms with van der Waals surface area (Å²) in [5.41, 5.74) is 0.416. The number of carbonyl (C=O) groups is 1. The fourth-order valence-electron chi connectivity index (χ4n) is 2.53. The van der Waals surface area contributed by atoms with Crippen LogP contribution in [0.4, 0.5) is 8.78 Å². The Morgan fingerprint density at radius 1 is 1.21 bits per heavy atom. The third-order valence-corrected chi connectivity index (χ3v) is 3.51. The first kappa shape index (κ1) is 14.1. The van der Waals surface area contributed by atoms with E-state index in [9.17, 15) is 13.6 Å². The summed E-state index contributed by atoms with van der Waals surface area (Å²) in [6, 6.07) is 3.68. The van der Waals surface area contributed by atoms with E-state index in [1.807, 2.05) is 0 Å². The highest BCUT2D eigenvalue weighted by Gasteiger charge is 2.14. The Balaban J connectivity index is 1.80. The number of benzene rings is 1. The summed E-state index contributed by atoms with van der Waals surface area (Å²) < 4.78 is 26.0. The van der Waals surface area contributed by atoms with Gasteiger partial charge in [0.25, 0.3) is 0 Å². The van der Waals surface area contributed by atoms with Gasteiger partial charge in [-0.3, -0.25) is 4.79 Å². The molecule has 1 aliphatic heterocycles. The van der Waals surface area contributed by atoms with Crippen LogP contribution in [0.15, 0.2) is 18.2 Å². The van der Waals surface area contributed by atoms with Crippen LogP contribution in [0.3, 0.4) is 0 Å². The maximum atomic E-state index is 13.0. The molecule has 1 saturated heterocycles. The minimum absolute atomic E-state index is 0.0392. The molecule has 2 rings (SSSR count). The predicted octanol–water partition coefficient (Wildman–Crippen LogP) is 3.00. The molecule has 0 bridgehead atoms. The molecule has 1 aromatic carbocycles. The van der Waals surface area contributed by atoms with E-state index < -0.39 is 11.6 Å². The van der Waals surface area contributed by atoms with Crippen molar-refractivity contribution in [3.63, 3.8) is 0 Å². The highest BCUT2D eigenvalue weighted by Crippen LogP contribution is 2.14. The number of Topliss-reactive ketones (excluding diaryl/α,β-unsaturated/α-hetero) is 1. The minimum Gasteiger partial charge on any atom is -0.314 e. The van der Waals surface area contributed by atoms with Crippen molar-refractivity contribution >= 4 is 5.78 Å². The van der Waals surface area contributed by atoms with Crippen LogP contribution in [0.2, 0.25) is 0 Å². The van der Waals surface area contributed by atoms with Gasteiger partial charge in [0.15, 0.2) is 0 Å². The molecule has 1 fully saturated rings. The maximum absolute atomic E-state index is 13.0. The lowest BCUT2D eigenvalue weighted by Crippen LogP contribution is -2.34. The lowest BCUT2D eigenvalue weighted by molar-refractivity contribution is -0.118. The fraction of sp³-hybridized carbons (Fsp3) is 0.533. The summed E-state index contributed by atoms with van der Waals surface area (Å²) >= 11 is 0. The Labute approximate surface area is 112 Å². The van der Waals surface area contributed by atoms with Crippen LogP contribution in [0.25, 0.3) is 0 Å². The van der Waals surface area contributed by atoms with Crippen LogP contribution >= 0.6 is 0 Å². The molecule has 1 atom stereocenters. The first-order valence-electron chi connectivity index (χ1n) is 6.83. The fourth-order valence-corrected chi connectivity index (χ4v) is 2.53. The van der Waals surface area contributed by atoms with Gasteiger partial charge in [-0.25, -0.2) is 8.78 Å². The highest BCUT2D eigenvalue weighted by molar-refractivity contribution is 5.80. The summed E-state index contributed by atoms with van der Waals surface area (Å²) in [7, 11) is 0. The monoisotopic (exact) mass is 267 g/mol. The molecule has 4 heteroatoms. The summed E-state index contributed by atoms with van der Waals surface area (Å²) in [4.78, 5) is 11.8. The normalized spacial score (nSPS) is 19.4. The molecule has 1 N–H and O–H groups in total. The average Bonchev–Trinajstić information content (AvgIpc) is 2.36. The zero-order valence-electron chi connectivity index (χ0n) is 10.9. The number of nitrogens with one attached hydrogen (secondary N) is 1. The molecule has 0 saturated carbocycles. The number of halogens is 2. The molecule has 0 amide bonds. The molecule has 0 spiro atoms. The van der Waals surface area contributed by atoms with Crippen LogP contribution in [0.1, 0.15) is 37.7 Å². The third-order valence-electron chi connectivity index (χ3n) is 3.51. The average molecular weight is 267 g/mol. The topological polar surface area (TPSA) is 29.1 Å².